The quantitative estimate of drug-likeness (QED) is 0.603. The van der Waals surface area contributed by atoms with Gasteiger partial charge < -0.3 is 10.5 Å². The van der Waals surface area contributed by atoms with Crippen molar-refractivity contribution in [3.8, 4) is 0 Å². The topological polar surface area (TPSA) is 35.2 Å². The summed E-state index contributed by atoms with van der Waals surface area (Å²) in [4.78, 5) is 0. The van der Waals surface area contributed by atoms with Crippen LogP contribution in [0.2, 0.25) is 0 Å². The molecule has 1 aromatic carbocycles. The summed E-state index contributed by atoms with van der Waals surface area (Å²) in [5, 5.41) is 0. The highest BCUT2D eigenvalue weighted by molar-refractivity contribution is 5.39. The molecule has 1 aromatic rings. The van der Waals surface area contributed by atoms with Crippen molar-refractivity contribution in [2.24, 2.45) is 5.41 Å². The van der Waals surface area contributed by atoms with Crippen molar-refractivity contribution < 1.29 is 4.74 Å². The Morgan fingerprint density at radius 1 is 1.06 bits per heavy atom. The van der Waals surface area contributed by atoms with Gasteiger partial charge >= 0.3 is 0 Å². The van der Waals surface area contributed by atoms with Gasteiger partial charge in [-0.15, -0.1) is 0 Å². The third-order valence-electron chi connectivity index (χ3n) is 2.73. The molecular formula is C15H25NO. The predicted octanol–water partition coefficient (Wildman–Crippen LogP) is 3.65. The van der Waals surface area contributed by atoms with E-state index in [1.807, 2.05) is 12.1 Å². The lowest BCUT2D eigenvalue weighted by Crippen LogP contribution is -2.10. The lowest BCUT2D eigenvalue weighted by atomic mass is 9.93. The summed E-state index contributed by atoms with van der Waals surface area (Å²) in [5.41, 5.74) is 8.17. The van der Waals surface area contributed by atoms with E-state index in [9.17, 15) is 0 Å². The molecule has 0 bridgehead atoms. The minimum atomic E-state index is 0.372. The number of aryl methyl sites for hydroxylation is 1. The first kappa shape index (κ1) is 14.0. The van der Waals surface area contributed by atoms with E-state index in [-0.39, 0.29) is 0 Å². The molecule has 1 rings (SSSR count). The Morgan fingerprint density at radius 3 is 2.29 bits per heavy atom. The van der Waals surface area contributed by atoms with E-state index < -0.39 is 0 Å². The Labute approximate surface area is 105 Å². The molecule has 0 fully saturated rings. The summed E-state index contributed by atoms with van der Waals surface area (Å²) in [6.07, 6.45) is 3.26. The van der Waals surface area contributed by atoms with Gasteiger partial charge in [0.2, 0.25) is 0 Å². The van der Waals surface area contributed by atoms with E-state index in [2.05, 4.69) is 32.9 Å². The van der Waals surface area contributed by atoms with Crippen LogP contribution >= 0.6 is 0 Å². The Kier molecular flexibility index (Phi) is 5.49. The number of anilines is 1. The molecule has 0 aliphatic heterocycles. The molecule has 0 atom stereocenters. The van der Waals surface area contributed by atoms with Crippen molar-refractivity contribution in [1.82, 2.24) is 0 Å². The van der Waals surface area contributed by atoms with Gasteiger partial charge in [0.25, 0.3) is 0 Å². The van der Waals surface area contributed by atoms with Crippen LogP contribution in [0.25, 0.3) is 0 Å². The van der Waals surface area contributed by atoms with Gasteiger partial charge in [-0.1, -0.05) is 32.9 Å². The Morgan fingerprint density at radius 2 is 1.71 bits per heavy atom. The van der Waals surface area contributed by atoms with Gasteiger partial charge in [-0.05, 0) is 42.4 Å². The van der Waals surface area contributed by atoms with Gasteiger partial charge in [-0.25, -0.2) is 0 Å². The molecule has 2 nitrogen and oxygen atoms in total. The van der Waals surface area contributed by atoms with Crippen LogP contribution < -0.4 is 5.73 Å². The molecule has 0 radical (unpaired) electrons. The summed E-state index contributed by atoms with van der Waals surface area (Å²) in [7, 11) is 0. The number of nitrogen functional groups attached to an aromatic ring is 1. The van der Waals surface area contributed by atoms with Gasteiger partial charge in [-0.3, -0.25) is 0 Å². The van der Waals surface area contributed by atoms with Crippen molar-refractivity contribution in [1.29, 1.82) is 0 Å². The molecule has 0 heterocycles. The summed E-state index contributed by atoms with van der Waals surface area (Å²) in [6.45, 7) is 8.44. The highest BCUT2D eigenvalue weighted by Gasteiger charge is 2.08. The first-order valence-corrected chi connectivity index (χ1v) is 6.39. The van der Waals surface area contributed by atoms with Crippen LogP contribution in [-0.2, 0) is 11.2 Å². The fraction of sp³-hybridized carbons (Fsp3) is 0.600. The van der Waals surface area contributed by atoms with E-state index >= 15 is 0 Å². The molecule has 0 aromatic heterocycles. The lowest BCUT2D eigenvalue weighted by Gasteiger charge is -2.17. The molecule has 2 heteroatoms. The summed E-state index contributed by atoms with van der Waals surface area (Å²) < 4.78 is 5.63. The maximum absolute atomic E-state index is 5.64. The van der Waals surface area contributed by atoms with Gasteiger partial charge in [0.15, 0.2) is 0 Å². The zero-order chi connectivity index (χ0) is 12.7. The van der Waals surface area contributed by atoms with Crippen molar-refractivity contribution in [3.05, 3.63) is 29.8 Å². The molecule has 0 unspecified atom stereocenters. The van der Waals surface area contributed by atoms with Crippen LogP contribution in [0.4, 0.5) is 5.69 Å². The van der Waals surface area contributed by atoms with E-state index in [1.165, 1.54) is 5.56 Å². The first-order valence-electron chi connectivity index (χ1n) is 6.39. The van der Waals surface area contributed by atoms with Crippen molar-refractivity contribution in [3.63, 3.8) is 0 Å². The molecule has 17 heavy (non-hydrogen) atoms. The standard InChI is InChI=1S/C15H25NO/c1-15(2,3)10-12-17-11-4-5-13-6-8-14(16)9-7-13/h6-9H,4-5,10-12,16H2,1-3H3. The average Bonchev–Trinajstić information content (AvgIpc) is 2.24. The van der Waals surface area contributed by atoms with E-state index in [1.54, 1.807) is 0 Å². The Hall–Kier alpha value is -1.02. The lowest BCUT2D eigenvalue weighted by molar-refractivity contribution is 0.106. The SMILES string of the molecule is CC(C)(C)CCOCCCc1ccc(N)cc1. The van der Waals surface area contributed by atoms with Crippen LogP contribution in [0.3, 0.4) is 0 Å². The molecule has 0 spiro atoms. The third kappa shape index (κ3) is 7.01. The largest absolute Gasteiger partial charge is 0.399 e. The Bertz CT molecular complexity index is 311. The number of hydrogen-bond acceptors (Lipinski definition) is 2. The van der Waals surface area contributed by atoms with E-state index in [4.69, 9.17) is 10.5 Å². The van der Waals surface area contributed by atoms with Crippen molar-refractivity contribution in [2.45, 2.75) is 40.0 Å². The maximum atomic E-state index is 5.64. The predicted molar refractivity (Wildman–Crippen MR) is 74.1 cm³/mol. The number of nitrogens with two attached hydrogens (primary N) is 1. The second-order valence-corrected chi connectivity index (χ2v) is 5.77. The average molecular weight is 235 g/mol. The monoisotopic (exact) mass is 235 g/mol. The maximum Gasteiger partial charge on any atom is 0.0471 e. The van der Waals surface area contributed by atoms with Crippen LogP contribution in [-0.4, -0.2) is 13.2 Å². The second kappa shape index (κ2) is 6.65. The van der Waals surface area contributed by atoms with Crippen LogP contribution in [0.5, 0.6) is 0 Å². The fourth-order valence-corrected chi connectivity index (χ4v) is 1.54. The second-order valence-electron chi connectivity index (χ2n) is 5.77. The van der Waals surface area contributed by atoms with Crippen LogP contribution in [0, 0.1) is 5.41 Å². The number of benzene rings is 1. The highest BCUT2D eigenvalue weighted by Crippen LogP contribution is 2.18. The Balaban J connectivity index is 2.07. The third-order valence-corrected chi connectivity index (χ3v) is 2.73. The minimum Gasteiger partial charge on any atom is -0.399 e. The van der Waals surface area contributed by atoms with Crippen molar-refractivity contribution >= 4 is 5.69 Å². The molecule has 0 amide bonds. The minimum absolute atomic E-state index is 0.372. The summed E-state index contributed by atoms with van der Waals surface area (Å²) in [6, 6.07) is 8.08. The summed E-state index contributed by atoms with van der Waals surface area (Å²) >= 11 is 0. The number of rotatable bonds is 6. The van der Waals surface area contributed by atoms with Crippen LogP contribution in [0.15, 0.2) is 24.3 Å². The zero-order valence-electron chi connectivity index (χ0n) is 11.3. The number of hydrogen-bond donors (Lipinski definition) is 1. The smallest absolute Gasteiger partial charge is 0.0471 e. The summed E-state index contributed by atoms with van der Waals surface area (Å²) in [5.74, 6) is 0. The van der Waals surface area contributed by atoms with Gasteiger partial charge in [0.1, 0.15) is 0 Å². The zero-order valence-corrected chi connectivity index (χ0v) is 11.3. The molecule has 2 N–H and O–H groups in total. The first-order chi connectivity index (χ1) is 7.97. The molecule has 0 aliphatic carbocycles. The van der Waals surface area contributed by atoms with E-state index in [0.717, 1.165) is 38.2 Å². The number of ether oxygens (including phenoxy) is 1. The highest BCUT2D eigenvalue weighted by atomic mass is 16.5. The van der Waals surface area contributed by atoms with Gasteiger partial charge in [0.05, 0.1) is 0 Å². The van der Waals surface area contributed by atoms with Crippen molar-refractivity contribution in [2.75, 3.05) is 18.9 Å². The molecular weight excluding hydrogens is 210 g/mol. The van der Waals surface area contributed by atoms with Crippen LogP contribution in [0.1, 0.15) is 39.2 Å². The van der Waals surface area contributed by atoms with E-state index in [0.29, 0.717) is 5.41 Å². The van der Waals surface area contributed by atoms with Gasteiger partial charge in [-0.2, -0.15) is 0 Å². The molecule has 96 valence electrons. The molecule has 0 saturated heterocycles. The fourth-order valence-electron chi connectivity index (χ4n) is 1.54. The normalized spacial score (nSPS) is 11.7. The molecule has 0 saturated carbocycles. The van der Waals surface area contributed by atoms with Gasteiger partial charge in [0, 0.05) is 18.9 Å². The molecule has 0 aliphatic rings.